The summed E-state index contributed by atoms with van der Waals surface area (Å²) in [6, 6.07) is 57.6. The molecule has 4 nitrogen and oxygen atoms in total. The number of para-hydroxylation sites is 1. The maximum atomic E-state index is 11.6. The molecule has 0 amide bonds. The normalized spacial score (nSPS) is 12.1. The number of benzene rings is 7. The van der Waals surface area contributed by atoms with E-state index in [2.05, 4.69) is 48.5 Å². The van der Waals surface area contributed by atoms with Crippen molar-refractivity contribution < 1.29 is 30.3 Å². The summed E-state index contributed by atoms with van der Waals surface area (Å²) in [5.41, 5.74) is 13.4. The van der Waals surface area contributed by atoms with Crippen molar-refractivity contribution in [3.63, 3.8) is 0 Å². The SMILES string of the molecule is [2H]C([2H])([2H])c1cc(-n2c(-c3cc(C)cc(C)c3O)nc3c(-c4[c-]c(-c5cc(-c6ccccc6)ccn5)cc(-c5ccccc5)c4)cccc32)ccc1-c1ccccc1.[Pt]. The van der Waals surface area contributed by atoms with Gasteiger partial charge in [-0.2, -0.15) is 0 Å². The van der Waals surface area contributed by atoms with E-state index < -0.39 is 6.85 Å². The average molecular weight is 907 g/mol. The maximum Gasteiger partial charge on any atom is 0.148 e. The van der Waals surface area contributed by atoms with Crippen LogP contribution >= 0.6 is 0 Å². The van der Waals surface area contributed by atoms with Crippen LogP contribution < -0.4 is 0 Å². The fourth-order valence-electron chi connectivity index (χ4n) is 7.47. The first-order chi connectivity index (χ1) is 28.1. The third kappa shape index (κ3) is 6.89. The van der Waals surface area contributed by atoms with Crippen LogP contribution in [0.1, 0.15) is 20.8 Å². The van der Waals surface area contributed by atoms with E-state index in [-0.39, 0.29) is 32.4 Å². The molecule has 0 aliphatic heterocycles. The van der Waals surface area contributed by atoms with Gasteiger partial charge in [0, 0.05) is 42.8 Å². The summed E-state index contributed by atoms with van der Waals surface area (Å²) in [4.78, 5) is 10.2. The quantitative estimate of drug-likeness (QED) is 0.162. The van der Waals surface area contributed by atoms with Crippen molar-refractivity contribution in [3.8, 4) is 78.6 Å². The topological polar surface area (TPSA) is 50.9 Å². The molecule has 0 radical (unpaired) electrons. The van der Waals surface area contributed by atoms with Crippen LogP contribution in [0.4, 0.5) is 0 Å². The van der Waals surface area contributed by atoms with E-state index in [0.717, 1.165) is 66.8 Å². The van der Waals surface area contributed by atoms with E-state index in [4.69, 9.17) is 14.1 Å². The van der Waals surface area contributed by atoms with Crippen LogP contribution in [0.3, 0.4) is 0 Å². The number of aryl methyl sites for hydroxylation is 3. The van der Waals surface area contributed by atoms with E-state index in [9.17, 15) is 5.11 Å². The van der Waals surface area contributed by atoms with Crippen LogP contribution in [0.15, 0.2) is 170 Å². The number of rotatable bonds is 7. The Morgan fingerprint density at radius 2 is 1.25 bits per heavy atom. The second-order valence-corrected chi connectivity index (χ2v) is 13.9. The van der Waals surface area contributed by atoms with E-state index in [1.165, 1.54) is 0 Å². The first kappa shape index (κ1) is 33.0. The summed E-state index contributed by atoms with van der Waals surface area (Å²) in [5.74, 6) is 0.609. The van der Waals surface area contributed by atoms with Crippen LogP contribution in [0.25, 0.3) is 83.9 Å². The van der Waals surface area contributed by atoms with Crippen molar-refractivity contribution in [2.75, 3.05) is 0 Å². The molecule has 0 fully saturated rings. The van der Waals surface area contributed by atoms with E-state index in [1.807, 2.05) is 140 Å². The Hall–Kier alpha value is -6.35. The first-order valence-corrected chi connectivity index (χ1v) is 18.3. The molecule has 0 atom stereocenters. The number of hydrogen-bond donors (Lipinski definition) is 1. The molecule has 0 aliphatic rings. The predicted molar refractivity (Wildman–Crippen MR) is 226 cm³/mol. The zero-order valence-corrected chi connectivity index (χ0v) is 33.0. The largest absolute Gasteiger partial charge is 0.507 e. The number of pyridine rings is 1. The van der Waals surface area contributed by atoms with Gasteiger partial charge >= 0.3 is 0 Å². The molecule has 7 aromatic carbocycles. The molecule has 9 aromatic rings. The molecule has 0 saturated heterocycles. The predicted octanol–water partition coefficient (Wildman–Crippen LogP) is 12.9. The van der Waals surface area contributed by atoms with Crippen molar-refractivity contribution in [1.82, 2.24) is 14.5 Å². The molecule has 274 valence electrons. The summed E-state index contributed by atoms with van der Waals surface area (Å²) in [7, 11) is 0. The fraction of sp³-hybridized carbons (Fsp3) is 0.0588. The second kappa shape index (κ2) is 15.4. The summed E-state index contributed by atoms with van der Waals surface area (Å²) in [6.45, 7) is 1.46. The van der Waals surface area contributed by atoms with Gasteiger partial charge in [0.15, 0.2) is 0 Å². The van der Waals surface area contributed by atoms with Gasteiger partial charge in [0.1, 0.15) is 11.6 Å². The molecular weight excluding hydrogens is 866 g/mol. The summed E-state index contributed by atoms with van der Waals surface area (Å²) < 4.78 is 27.8. The van der Waals surface area contributed by atoms with Gasteiger partial charge in [-0.3, -0.25) is 9.55 Å². The van der Waals surface area contributed by atoms with Crippen LogP contribution in [-0.2, 0) is 21.1 Å². The summed E-state index contributed by atoms with van der Waals surface area (Å²) in [5, 5.41) is 11.6. The third-order valence-corrected chi connectivity index (χ3v) is 10.1. The van der Waals surface area contributed by atoms with Crippen LogP contribution in [0.2, 0.25) is 0 Å². The number of fused-ring (bicyclic) bond motifs is 1. The molecule has 0 spiro atoms. The Kier molecular flexibility index (Phi) is 9.09. The van der Waals surface area contributed by atoms with Gasteiger partial charge in [-0.15, -0.1) is 23.8 Å². The van der Waals surface area contributed by atoms with Crippen molar-refractivity contribution in [2.24, 2.45) is 0 Å². The van der Waals surface area contributed by atoms with Gasteiger partial charge < -0.3 is 5.11 Å². The Balaban J connectivity index is 0.00000484. The molecule has 2 heterocycles. The molecule has 0 unspecified atom stereocenters. The Bertz CT molecular complexity index is 2960. The van der Waals surface area contributed by atoms with Gasteiger partial charge in [-0.05, 0) is 95.5 Å². The first-order valence-electron chi connectivity index (χ1n) is 19.8. The number of imidazole rings is 1. The number of aromatic hydroxyl groups is 1. The minimum Gasteiger partial charge on any atom is -0.507 e. The van der Waals surface area contributed by atoms with Crippen molar-refractivity contribution in [3.05, 3.63) is 193 Å². The molecule has 9 rings (SSSR count). The zero-order valence-electron chi connectivity index (χ0n) is 33.8. The molecule has 56 heavy (non-hydrogen) atoms. The number of aromatic nitrogens is 3. The van der Waals surface area contributed by atoms with Gasteiger partial charge in [0.2, 0.25) is 0 Å². The standard InChI is InChI=1S/C51H38N3O.Pt/c1-33-26-35(3)50(55)46(27-33)51-53-49-45(20-13-21-48(49)54(51)43-22-23-44(34(2)28-43)38-18-11-6-12-19-38)41-29-40(37-16-9-5-10-17-37)30-42(31-41)47-32-39(24-25-52-47)36-14-7-4-8-15-36;/h4-30,32,55H,1-3H3;/q-1;/i2D3;. The molecular formula is C51H38N3OPt-. The van der Waals surface area contributed by atoms with Crippen LogP contribution in [0, 0.1) is 26.8 Å². The van der Waals surface area contributed by atoms with E-state index >= 15 is 0 Å². The number of phenolic OH excluding ortho intramolecular Hbond substituents is 1. The Labute approximate surface area is 346 Å². The van der Waals surface area contributed by atoms with Crippen LogP contribution in [0.5, 0.6) is 5.75 Å². The fourth-order valence-corrected chi connectivity index (χ4v) is 7.47. The summed E-state index contributed by atoms with van der Waals surface area (Å²) >= 11 is 0. The smallest absolute Gasteiger partial charge is 0.148 e. The van der Waals surface area contributed by atoms with Gasteiger partial charge in [0.25, 0.3) is 0 Å². The van der Waals surface area contributed by atoms with Gasteiger partial charge in [-0.1, -0.05) is 138 Å². The average Bonchev–Trinajstić information content (AvgIpc) is 3.65. The number of phenols is 1. The Morgan fingerprint density at radius 3 is 1.96 bits per heavy atom. The maximum absolute atomic E-state index is 11.6. The number of hydrogen-bond acceptors (Lipinski definition) is 3. The number of nitrogens with zero attached hydrogens (tertiary/aromatic N) is 3. The van der Waals surface area contributed by atoms with Gasteiger partial charge in [-0.25, -0.2) is 4.98 Å². The molecule has 2 aromatic heterocycles. The summed E-state index contributed by atoms with van der Waals surface area (Å²) in [6.07, 6.45) is 1.84. The van der Waals surface area contributed by atoms with E-state index in [1.54, 1.807) is 6.07 Å². The monoisotopic (exact) mass is 906 g/mol. The van der Waals surface area contributed by atoms with Crippen molar-refractivity contribution >= 4 is 11.0 Å². The molecule has 0 aliphatic carbocycles. The third-order valence-electron chi connectivity index (χ3n) is 10.1. The van der Waals surface area contributed by atoms with E-state index in [0.29, 0.717) is 28.2 Å². The van der Waals surface area contributed by atoms with Crippen molar-refractivity contribution in [1.29, 1.82) is 0 Å². The molecule has 0 bridgehead atoms. The van der Waals surface area contributed by atoms with Gasteiger partial charge in [0.05, 0.1) is 16.6 Å². The van der Waals surface area contributed by atoms with Crippen LogP contribution in [-0.4, -0.2) is 19.6 Å². The molecule has 0 saturated carbocycles. The second-order valence-electron chi connectivity index (χ2n) is 13.9. The minimum atomic E-state index is -2.40. The zero-order chi connectivity index (χ0) is 40.0. The molecule has 5 heteroatoms. The van der Waals surface area contributed by atoms with Crippen molar-refractivity contribution in [2.45, 2.75) is 20.7 Å². The Morgan fingerprint density at radius 1 is 0.571 bits per heavy atom. The minimum absolute atomic E-state index is 0. The molecule has 1 N–H and O–H groups in total.